The fourth-order valence-electron chi connectivity index (χ4n) is 5.65. The van der Waals surface area contributed by atoms with E-state index in [4.69, 9.17) is 19.2 Å². The zero-order valence-corrected chi connectivity index (χ0v) is 24.8. The van der Waals surface area contributed by atoms with E-state index in [-0.39, 0.29) is 12.5 Å². The number of imidazole rings is 1. The largest absolute Gasteiger partial charge is 0.444 e. The summed E-state index contributed by atoms with van der Waals surface area (Å²) in [5.74, 6) is 1.14. The molecule has 1 aromatic carbocycles. The Balaban J connectivity index is 1.33. The van der Waals surface area contributed by atoms with Gasteiger partial charge in [-0.15, -0.1) is 0 Å². The molecule has 0 unspecified atom stereocenters. The summed E-state index contributed by atoms with van der Waals surface area (Å²) in [7, 11) is 1.92. The number of carbonyl (C=O) groups is 2. The van der Waals surface area contributed by atoms with Gasteiger partial charge in [0, 0.05) is 38.0 Å². The van der Waals surface area contributed by atoms with E-state index < -0.39 is 24.4 Å². The maximum absolute atomic E-state index is 13.9. The third kappa shape index (κ3) is 5.44. The predicted octanol–water partition coefficient (Wildman–Crippen LogP) is 4.80. The van der Waals surface area contributed by atoms with Crippen LogP contribution in [-0.4, -0.2) is 72.6 Å². The van der Waals surface area contributed by atoms with Crippen molar-refractivity contribution in [3.05, 3.63) is 65.2 Å². The van der Waals surface area contributed by atoms with Gasteiger partial charge in [-0.05, 0) is 45.4 Å². The number of pyridine rings is 1. The topological polar surface area (TPSA) is 120 Å². The molecule has 1 N–H and O–H groups in total. The summed E-state index contributed by atoms with van der Waals surface area (Å²) in [6.07, 6.45) is 1.40. The second-order valence-electron chi connectivity index (χ2n) is 11.9. The monoisotopic (exact) mass is 587 g/mol. The average Bonchev–Trinajstić information content (AvgIpc) is 3.67. The van der Waals surface area contributed by atoms with Crippen LogP contribution in [0.25, 0.3) is 33.6 Å². The molecule has 224 valence electrons. The van der Waals surface area contributed by atoms with Gasteiger partial charge in [-0.2, -0.15) is 0 Å². The van der Waals surface area contributed by atoms with Crippen LogP contribution in [0.4, 0.5) is 9.18 Å². The number of rotatable bonds is 7. The molecule has 43 heavy (non-hydrogen) atoms. The van der Waals surface area contributed by atoms with Crippen molar-refractivity contribution in [2.24, 2.45) is 7.05 Å². The summed E-state index contributed by atoms with van der Waals surface area (Å²) in [6, 6.07) is 11.0. The average molecular weight is 588 g/mol. The molecular weight excluding hydrogens is 553 g/mol. The van der Waals surface area contributed by atoms with E-state index in [1.165, 1.54) is 0 Å². The fourth-order valence-corrected chi connectivity index (χ4v) is 5.65. The first-order valence-electron chi connectivity index (χ1n) is 14.2. The third-order valence-electron chi connectivity index (χ3n) is 7.56. The Morgan fingerprint density at radius 3 is 2.74 bits per heavy atom. The van der Waals surface area contributed by atoms with Gasteiger partial charge in [0.1, 0.15) is 17.8 Å². The Kier molecular flexibility index (Phi) is 7.15. The standard InChI is InChI=1S/C31H34FN7O4/c1-18-7-6-8-19-13-25(39(26(18)19)17-21-9-11-33-43-21)28-36-24-14-22-23(35-27(24)37(28)5)10-12-38(29(22)40)16-20(15-32)34-30(41)42-31(2,3)4/h6-9,11,13-14,20H,10,12,15-17H2,1-5H3,(H,34,41)/t20-/m1/s1. The zero-order valence-electron chi connectivity index (χ0n) is 24.8. The minimum absolute atomic E-state index is 0.0145. The number of hydrogen-bond acceptors (Lipinski definition) is 7. The normalized spacial score (nSPS) is 14.4. The summed E-state index contributed by atoms with van der Waals surface area (Å²) in [4.78, 5) is 37.1. The number of ether oxygens (including phenoxy) is 1. The van der Waals surface area contributed by atoms with Gasteiger partial charge >= 0.3 is 6.09 Å². The summed E-state index contributed by atoms with van der Waals surface area (Å²) in [5.41, 5.74) is 4.69. The zero-order chi connectivity index (χ0) is 30.5. The molecule has 1 aliphatic heterocycles. The van der Waals surface area contributed by atoms with Gasteiger partial charge in [-0.1, -0.05) is 23.4 Å². The number of aryl methyl sites for hydroxylation is 2. The van der Waals surface area contributed by atoms with Gasteiger partial charge < -0.3 is 28.6 Å². The lowest BCUT2D eigenvalue weighted by Crippen LogP contribution is -2.50. The van der Waals surface area contributed by atoms with Crippen LogP contribution in [0, 0.1) is 6.92 Å². The number of hydrogen-bond donors (Lipinski definition) is 1. The van der Waals surface area contributed by atoms with Crippen LogP contribution >= 0.6 is 0 Å². The van der Waals surface area contributed by atoms with E-state index in [9.17, 15) is 14.0 Å². The number of fused-ring (bicyclic) bond motifs is 3. The molecular formula is C31H34FN7O4. The van der Waals surface area contributed by atoms with Gasteiger partial charge in [0.15, 0.2) is 17.2 Å². The molecule has 11 nitrogen and oxygen atoms in total. The number of aromatic nitrogens is 5. The summed E-state index contributed by atoms with van der Waals surface area (Å²) in [5, 5.41) is 7.47. The van der Waals surface area contributed by atoms with Gasteiger partial charge in [0.25, 0.3) is 5.91 Å². The molecule has 2 amide bonds. The molecule has 0 radical (unpaired) electrons. The van der Waals surface area contributed by atoms with Crippen molar-refractivity contribution >= 4 is 34.1 Å². The number of alkyl halides is 1. The van der Waals surface area contributed by atoms with Crippen LogP contribution in [0.15, 0.2) is 47.1 Å². The van der Waals surface area contributed by atoms with E-state index >= 15 is 0 Å². The Bertz CT molecular complexity index is 1830. The third-order valence-corrected chi connectivity index (χ3v) is 7.56. The van der Waals surface area contributed by atoms with Crippen molar-refractivity contribution in [2.45, 2.75) is 52.3 Å². The second kappa shape index (κ2) is 10.8. The van der Waals surface area contributed by atoms with Crippen LogP contribution in [0.3, 0.4) is 0 Å². The molecule has 5 heterocycles. The Hall–Kier alpha value is -4.74. The molecule has 0 spiro atoms. The van der Waals surface area contributed by atoms with Crippen LogP contribution in [0.1, 0.15) is 48.1 Å². The number of carbonyl (C=O) groups excluding carboxylic acids is 2. The molecule has 12 heteroatoms. The van der Waals surface area contributed by atoms with E-state index in [1.807, 2.05) is 23.7 Å². The number of halogens is 1. The van der Waals surface area contributed by atoms with Crippen LogP contribution in [0.2, 0.25) is 0 Å². The molecule has 6 rings (SSSR count). The van der Waals surface area contributed by atoms with Crippen molar-refractivity contribution in [3.63, 3.8) is 0 Å². The lowest BCUT2D eigenvalue weighted by Gasteiger charge is -2.31. The SMILES string of the molecule is Cc1cccc2cc(-c3nc4cc5c(nc4n3C)CCN(C[C@@H](CF)NC(=O)OC(C)(C)C)C5=O)n(Cc3ccno3)c12. The van der Waals surface area contributed by atoms with Gasteiger partial charge in [0.2, 0.25) is 0 Å². The molecule has 0 saturated heterocycles. The predicted molar refractivity (Wildman–Crippen MR) is 159 cm³/mol. The van der Waals surface area contributed by atoms with E-state index in [2.05, 4.69) is 40.2 Å². The fraction of sp³-hybridized carbons (Fsp3) is 0.387. The quantitative estimate of drug-likeness (QED) is 0.291. The Morgan fingerprint density at radius 2 is 2.02 bits per heavy atom. The maximum atomic E-state index is 13.9. The summed E-state index contributed by atoms with van der Waals surface area (Å²) < 4.78 is 28.6. The minimum atomic E-state index is -0.895. The van der Waals surface area contributed by atoms with Crippen molar-refractivity contribution in [3.8, 4) is 11.5 Å². The molecule has 1 aliphatic rings. The van der Waals surface area contributed by atoms with Crippen molar-refractivity contribution in [2.75, 3.05) is 19.8 Å². The van der Waals surface area contributed by atoms with Crippen LogP contribution < -0.4 is 5.32 Å². The number of benzene rings is 1. The number of para-hydroxylation sites is 1. The second-order valence-corrected chi connectivity index (χ2v) is 11.9. The Labute approximate surface area is 247 Å². The number of nitrogens with zero attached hydrogens (tertiary/aromatic N) is 6. The van der Waals surface area contributed by atoms with E-state index in [0.29, 0.717) is 53.5 Å². The smallest absolute Gasteiger partial charge is 0.408 e. The van der Waals surface area contributed by atoms with Gasteiger partial charge in [-0.3, -0.25) is 4.79 Å². The lowest BCUT2D eigenvalue weighted by molar-refractivity contribution is 0.0465. The Morgan fingerprint density at radius 1 is 1.21 bits per heavy atom. The molecule has 4 aromatic heterocycles. The first-order chi connectivity index (χ1) is 20.5. The van der Waals surface area contributed by atoms with Crippen LogP contribution in [0.5, 0.6) is 0 Å². The number of amides is 2. The van der Waals surface area contributed by atoms with E-state index in [0.717, 1.165) is 22.2 Å². The van der Waals surface area contributed by atoms with E-state index in [1.54, 1.807) is 37.9 Å². The first-order valence-corrected chi connectivity index (χ1v) is 14.2. The summed E-state index contributed by atoms with van der Waals surface area (Å²) >= 11 is 0. The highest BCUT2D eigenvalue weighted by molar-refractivity contribution is 5.99. The van der Waals surface area contributed by atoms with Gasteiger partial charge in [-0.25, -0.2) is 19.2 Å². The van der Waals surface area contributed by atoms with Crippen molar-refractivity contribution in [1.82, 2.24) is 34.5 Å². The number of nitrogens with one attached hydrogen (secondary N) is 1. The number of alkyl carbamates (subject to hydrolysis) is 1. The molecule has 5 aromatic rings. The van der Waals surface area contributed by atoms with Gasteiger partial charge in [0.05, 0.1) is 41.3 Å². The lowest BCUT2D eigenvalue weighted by atomic mass is 10.0. The summed E-state index contributed by atoms with van der Waals surface area (Å²) in [6.45, 7) is 7.27. The first kappa shape index (κ1) is 28.4. The highest BCUT2D eigenvalue weighted by atomic mass is 19.1. The highest BCUT2D eigenvalue weighted by Crippen LogP contribution is 2.33. The van der Waals surface area contributed by atoms with Crippen molar-refractivity contribution < 1.29 is 23.2 Å². The maximum Gasteiger partial charge on any atom is 0.408 e. The molecule has 0 bridgehead atoms. The van der Waals surface area contributed by atoms with Crippen LogP contribution in [-0.2, 0) is 24.8 Å². The molecule has 1 atom stereocenters. The molecule has 0 saturated carbocycles. The molecule has 0 fully saturated rings. The highest BCUT2D eigenvalue weighted by Gasteiger charge is 2.30. The minimum Gasteiger partial charge on any atom is -0.444 e. The van der Waals surface area contributed by atoms with Crippen molar-refractivity contribution in [1.29, 1.82) is 0 Å². The molecule has 0 aliphatic carbocycles.